The van der Waals surface area contributed by atoms with Gasteiger partial charge in [0, 0.05) is 36.6 Å². The average Bonchev–Trinajstić information content (AvgIpc) is 3.54. The Morgan fingerprint density at radius 3 is 2.71 bits per heavy atom. The third-order valence-corrected chi connectivity index (χ3v) is 8.31. The molecule has 0 saturated carbocycles. The van der Waals surface area contributed by atoms with Crippen molar-refractivity contribution in [2.45, 2.75) is 38.6 Å². The Hall–Kier alpha value is -2.61. The van der Waals surface area contributed by atoms with Crippen LogP contribution in [0, 0.1) is 0 Å². The van der Waals surface area contributed by atoms with Crippen LogP contribution in [0.1, 0.15) is 57.9 Å². The maximum atomic E-state index is 13.0. The third-order valence-electron chi connectivity index (χ3n) is 7.09. The maximum absolute atomic E-state index is 13.0. The Labute approximate surface area is 205 Å². The summed E-state index contributed by atoms with van der Waals surface area (Å²) in [5.74, 6) is 1.01. The number of likely N-dealkylation sites (N-methyl/N-ethyl adjacent to an activating group) is 1. The van der Waals surface area contributed by atoms with Crippen LogP contribution in [-0.2, 0) is 12.8 Å². The number of rotatable bonds is 7. The number of carbonyl (C=O) groups excluding carboxylic acids is 1. The minimum atomic E-state index is -0.190. The molecule has 0 radical (unpaired) electrons. The summed E-state index contributed by atoms with van der Waals surface area (Å²) < 4.78 is 11.0. The number of anilines is 1. The molecule has 1 aliphatic carbocycles. The second-order valence-electron chi connectivity index (χ2n) is 9.03. The van der Waals surface area contributed by atoms with Gasteiger partial charge in [0.2, 0.25) is 0 Å². The van der Waals surface area contributed by atoms with E-state index in [1.807, 2.05) is 6.07 Å². The zero-order chi connectivity index (χ0) is 23.5. The molecule has 2 aliphatic rings. The smallest absolute Gasteiger partial charge is 0.291 e. The standard InChI is InChI=1S/C27H33N3O3S/c1-3-29-13-15-30(16-14-29)25(19-8-6-9-20(18-19)32-2)24-21-10-4-5-12-23(21)34-27(24)28-26(31)22-11-7-17-33-22/h6-9,11,17-18,25H,3-5,10,12-16H2,1-2H3,(H,28,31)/t25-/m0/s1. The van der Waals surface area contributed by atoms with Crippen LogP contribution in [-0.4, -0.2) is 55.5 Å². The SMILES string of the molecule is CCN1CCN([C@@H](c2cccc(OC)c2)c2c(NC(=O)c3ccco3)sc3c2CCCC3)CC1. The summed E-state index contributed by atoms with van der Waals surface area (Å²) in [6.07, 6.45) is 6.08. The fourth-order valence-corrected chi connectivity index (χ4v) is 6.57. The molecule has 5 rings (SSSR count). The first-order valence-electron chi connectivity index (χ1n) is 12.3. The summed E-state index contributed by atoms with van der Waals surface area (Å²) in [6, 6.07) is 12.0. The van der Waals surface area contributed by atoms with Crippen LogP contribution in [0.2, 0.25) is 0 Å². The van der Waals surface area contributed by atoms with Gasteiger partial charge in [0.25, 0.3) is 5.91 Å². The van der Waals surface area contributed by atoms with Gasteiger partial charge in [-0.1, -0.05) is 19.1 Å². The minimum Gasteiger partial charge on any atom is -0.497 e. The van der Waals surface area contributed by atoms with Crippen LogP contribution >= 0.6 is 11.3 Å². The molecular formula is C27H33N3O3S. The molecule has 0 spiro atoms. The number of thiophene rings is 1. The Morgan fingerprint density at radius 1 is 1.15 bits per heavy atom. The van der Waals surface area contributed by atoms with E-state index < -0.39 is 0 Å². The van der Waals surface area contributed by atoms with E-state index in [2.05, 4.69) is 40.2 Å². The lowest BCUT2D eigenvalue weighted by molar-refractivity contribution is 0.0995. The highest BCUT2D eigenvalue weighted by Crippen LogP contribution is 2.46. The molecule has 6 nitrogen and oxygen atoms in total. The average molecular weight is 480 g/mol. The molecule has 1 saturated heterocycles. The first-order valence-corrected chi connectivity index (χ1v) is 13.1. The zero-order valence-electron chi connectivity index (χ0n) is 20.0. The van der Waals surface area contributed by atoms with E-state index in [0.717, 1.165) is 56.3 Å². The summed E-state index contributed by atoms with van der Waals surface area (Å²) >= 11 is 1.75. The van der Waals surface area contributed by atoms with Crippen LogP contribution in [0.15, 0.2) is 47.1 Å². The molecule has 2 aromatic heterocycles. The third kappa shape index (κ3) is 4.65. The van der Waals surface area contributed by atoms with Gasteiger partial charge in [-0.25, -0.2) is 0 Å². The minimum absolute atomic E-state index is 0.0686. The molecule has 1 aliphatic heterocycles. The van der Waals surface area contributed by atoms with Crippen LogP contribution in [0.3, 0.4) is 0 Å². The Balaban J connectivity index is 1.59. The lowest BCUT2D eigenvalue weighted by Crippen LogP contribution is -2.47. The number of aryl methyl sites for hydroxylation is 1. The van der Waals surface area contributed by atoms with E-state index in [9.17, 15) is 4.79 Å². The predicted molar refractivity (Wildman–Crippen MR) is 136 cm³/mol. The molecule has 180 valence electrons. The van der Waals surface area contributed by atoms with E-state index in [1.54, 1.807) is 36.8 Å². The molecule has 3 heterocycles. The Morgan fingerprint density at radius 2 is 1.97 bits per heavy atom. The Kier molecular flexibility index (Phi) is 7.04. The summed E-state index contributed by atoms with van der Waals surface area (Å²) in [6.45, 7) is 7.40. The van der Waals surface area contributed by atoms with Gasteiger partial charge >= 0.3 is 0 Å². The van der Waals surface area contributed by atoms with E-state index in [-0.39, 0.29) is 11.9 Å². The fraction of sp³-hybridized carbons (Fsp3) is 0.444. The van der Waals surface area contributed by atoms with Gasteiger partial charge in [0.15, 0.2) is 5.76 Å². The summed E-state index contributed by atoms with van der Waals surface area (Å²) in [7, 11) is 1.72. The highest BCUT2D eigenvalue weighted by molar-refractivity contribution is 7.16. The zero-order valence-corrected chi connectivity index (χ0v) is 20.8. The number of carbonyl (C=O) groups is 1. The van der Waals surface area contributed by atoms with Gasteiger partial charge in [-0.15, -0.1) is 11.3 Å². The van der Waals surface area contributed by atoms with E-state index in [1.165, 1.54) is 34.4 Å². The number of hydrogen-bond donors (Lipinski definition) is 1. The normalized spacial score (nSPS) is 17.8. The van der Waals surface area contributed by atoms with Crippen molar-refractivity contribution in [3.05, 3.63) is 70.0 Å². The Bertz CT molecular complexity index is 1120. The predicted octanol–water partition coefficient (Wildman–Crippen LogP) is 5.21. The van der Waals surface area contributed by atoms with Crippen molar-refractivity contribution in [2.24, 2.45) is 0 Å². The van der Waals surface area contributed by atoms with Crippen molar-refractivity contribution in [3.8, 4) is 5.75 Å². The molecule has 1 atom stereocenters. The number of nitrogens with one attached hydrogen (secondary N) is 1. The maximum Gasteiger partial charge on any atom is 0.291 e. The van der Waals surface area contributed by atoms with E-state index >= 15 is 0 Å². The topological polar surface area (TPSA) is 58.0 Å². The molecular weight excluding hydrogens is 446 g/mol. The lowest BCUT2D eigenvalue weighted by Gasteiger charge is -2.40. The van der Waals surface area contributed by atoms with Crippen molar-refractivity contribution in [1.29, 1.82) is 0 Å². The highest BCUT2D eigenvalue weighted by Gasteiger charge is 2.34. The van der Waals surface area contributed by atoms with Crippen molar-refractivity contribution >= 4 is 22.2 Å². The van der Waals surface area contributed by atoms with Gasteiger partial charge in [0.1, 0.15) is 10.8 Å². The number of fused-ring (bicyclic) bond motifs is 1. The van der Waals surface area contributed by atoms with Crippen LogP contribution in [0.5, 0.6) is 5.75 Å². The van der Waals surface area contributed by atoms with Crippen LogP contribution in [0.25, 0.3) is 0 Å². The molecule has 1 N–H and O–H groups in total. The van der Waals surface area contributed by atoms with Crippen molar-refractivity contribution < 1.29 is 13.9 Å². The number of nitrogens with zero attached hydrogens (tertiary/aromatic N) is 2. The number of piperazine rings is 1. The lowest BCUT2D eigenvalue weighted by atomic mass is 9.88. The summed E-state index contributed by atoms with van der Waals surface area (Å²) in [4.78, 5) is 19.5. The number of ether oxygens (including phenoxy) is 1. The molecule has 1 fully saturated rings. The molecule has 0 bridgehead atoms. The molecule has 1 aromatic carbocycles. The quantitative estimate of drug-likeness (QED) is 0.504. The van der Waals surface area contributed by atoms with Crippen LogP contribution < -0.4 is 10.1 Å². The number of benzene rings is 1. The van der Waals surface area contributed by atoms with E-state index in [0.29, 0.717) is 5.76 Å². The van der Waals surface area contributed by atoms with Gasteiger partial charge < -0.3 is 19.4 Å². The number of hydrogen-bond acceptors (Lipinski definition) is 6. The first kappa shape index (κ1) is 23.1. The highest BCUT2D eigenvalue weighted by atomic mass is 32.1. The van der Waals surface area contributed by atoms with Gasteiger partial charge in [-0.2, -0.15) is 0 Å². The van der Waals surface area contributed by atoms with Crippen LogP contribution in [0.4, 0.5) is 5.00 Å². The van der Waals surface area contributed by atoms with Gasteiger partial charge in [0.05, 0.1) is 19.4 Å². The second-order valence-corrected chi connectivity index (χ2v) is 10.1. The first-order chi connectivity index (χ1) is 16.7. The molecule has 7 heteroatoms. The van der Waals surface area contributed by atoms with E-state index in [4.69, 9.17) is 9.15 Å². The number of methoxy groups -OCH3 is 1. The molecule has 3 aromatic rings. The van der Waals surface area contributed by atoms with Crippen molar-refractivity contribution in [1.82, 2.24) is 9.80 Å². The molecule has 0 unspecified atom stereocenters. The van der Waals surface area contributed by atoms with Crippen molar-refractivity contribution in [2.75, 3.05) is 45.2 Å². The largest absolute Gasteiger partial charge is 0.497 e. The monoisotopic (exact) mass is 479 g/mol. The fourth-order valence-electron chi connectivity index (χ4n) is 5.25. The molecule has 34 heavy (non-hydrogen) atoms. The number of amides is 1. The van der Waals surface area contributed by atoms with Gasteiger partial charge in [-0.05, 0) is 67.6 Å². The number of furan rings is 1. The second kappa shape index (κ2) is 10.3. The van der Waals surface area contributed by atoms with Gasteiger partial charge in [-0.3, -0.25) is 9.69 Å². The summed E-state index contributed by atoms with van der Waals surface area (Å²) in [5, 5.41) is 4.18. The van der Waals surface area contributed by atoms with Crippen molar-refractivity contribution in [3.63, 3.8) is 0 Å². The summed E-state index contributed by atoms with van der Waals surface area (Å²) in [5.41, 5.74) is 3.90. The molecule has 1 amide bonds.